The molecule has 0 saturated carbocycles. The Balaban J connectivity index is 0. The van der Waals surface area contributed by atoms with E-state index in [9.17, 15) is 0 Å². The van der Waals surface area contributed by atoms with Gasteiger partial charge in [-0.3, -0.25) is 8.42 Å². The number of pyridine rings is 3. The fourth-order valence-electron chi connectivity index (χ4n) is 1.71. The van der Waals surface area contributed by atoms with Crippen LogP contribution in [0.5, 0.6) is 0 Å². The van der Waals surface area contributed by atoms with Crippen LogP contribution >= 0.6 is 0 Å². The molecule has 0 radical (unpaired) electrons. The monoisotopic (exact) mass is 453 g/mol. The van der Waals surface area contributed by atoms with Gasteiger partial charge in [0, 0.05) is 22.8 Å². The minimum Gasteiger partial charge on any atom is -0.759 e. The molecule has 0 fully saturated rings. The van der Waals surface area contributed by atoms with Gasteiger partial charge in [0.25, 0.3) is 0 Å². The summed E-state index contributed by atoms with van der Waals surface area (Å²) in [6.07, 6.45) is 3.47. The fourth-order valence-corrected chi connectivity index (χ4v) is 1.71. The number of nitrogens with zero attached hydrogens (tertiary/aromatic N) is 3. The molecule has 3 rings (SSSR count). The normalized spacial score (nSPS) is 9.21. The summed E-state index contributed by atoms with van der Waals surface area (Å²) in [5.74, 6) is 2.97. The van der Waals surface area contributed by atoms with Crippen LogP contribution in [-0.4, -0.2) is 43.4 Å². The molecule has 0 atom stereocenters. The summed E-state index contributed by atoms with van der Waals surface area (Å²) in [4.78, 5) is 12.9. The minimum absolute atomic E-state index is 0. The molecule has 0 unspecified atom stereocenters. The second-order valence-electron chi connectivity index (χ2n) is 4.50. The fraction of sp³-hybridized carbons (Fsp3) is 0. The van der Waals surface area contributed by atoms with Crippen LogP contribution < -0.4 is 10.6 Å². The van der Waals surface area contributed by atoms with Crippen LogP contribution in [0.3, 0.4) is 0 Å². The van der Waals surface area contributed by atoms with Gasteiger partial charge >= 0.3 is 16.5 Å². The van der Waals surface area contributed by atoms with Crippen molar-refractivity contribution in [3.63, 3.8) is 0 Å². The van der Waals surface area contributed by atoms with E-state index < -0.39 is 10.4 Å². The Bertz CT molecular complexity index is 838. The average molecular weight is 454 g/mol. The van der Waals surface area contributed by atoms with Crippen molar-refractivity contribution < 1.29 is 45.0 Å². The zero-order chi connectivity index (χ0) is 18.1. The average Bonchev–Trinajstić information content (AvgIpc) is 2.56. The summed E-state index contributed by atoms with van der Waals surface area (Å²) in [6.45, 7) is 0. The third kappa shape index (κ3) is 11.9. The topological polar surface area (TPSA) is 206 Å². The molecule has 13 heteroatoms. The van der Waals surface area contributed by atoms with Crippen LogP contribution in [0.15, 0.2) is 67.0 Å². The second-order valence-corrected chi connectivity index (χ2v) is 5.31. The second kappa shape index (κ2) is 13.5. The molecule has 28 heavy (non-hydrogen) atoms. The van der Waals surface area contributed by atoms with Crippen molar-refractivity contribution in [1.29, 1.82) is 0 Å². The van der Waals surface area contributed by atoms with Gasteiger partial charge in [-0.1, -0.05) is 18.2 Å². The van der Waals surface area contributed by atoms with Gasteiger partial charge in [0.2, 0.25) is 0 Å². The number of aromatic nitrogens is 3. The SMILES string of the molecule is O.O.O=S(=O)([O-])[O-].[Ni+2].c1ccc(Nc2cccc(Nc3ccccn3)n2)nc1. The molecule has 0 amide bonds. The van der Waals surface area contributed by atoms with Gasteiger partial charge in [0.15, 0.2) is 0 Å². The van der Waals surface area contributed by atoms with Crippen molar-refractivity contribution in [2.24, 2.45) is 0 Å². The molecule has 0 saturated heterocycles. The maximum absolute atomic E-state index is 8.52. The molecule has 154 valence electrons. The number of rotatable bonds is 4. The Hall–Kier alpha value is -2.67. The molecular weight excluding hydrogens is 437 g/mol. The van der Waals surface area contributed by atoms with Crippen molar-refractivity contribution in [3.8, 4) is 0 Å². The summed E-state index contributed by atoms with van der Waals surface area (Å²) in [5.41, 5.74) is 0. The Morgan fingerprint density at radius 2 is 1.04 bits per heavy atom. The van der Waals surface area contributed by atoms with E-state index in [1.54, 1.807) is 12.4 Å². The van der Waals surface area contributed by atoms with E-state index in [1.807, 2.05) is 54.6 Å². The molecule has 3 aromatic heterocycles. The predicted molar refractivity (Wildman–Crippen MR) is 97.0 cm³/mol. The molecule has 0 aliphatic heterocycles. The van der Waals surface area contributed by atoms with Gasteiger partial charge in [-0.25, -0.2) is 15.0 Å². The predicted octanol–water partition coefficient (Wildman–Crippen LogP) is 0.369. The van der Waals surface area contributed by atoms with Crippen molar-refractivity contribution in [3.05, 3.63) is 67.0 Å². The van der Waals surface area contributed by atoms with E-state index in [2.05, 4.69) is 25.6 Å². The third-order valence-corrected chi connectivity index (χ3v) is 2.59. The Kier molecular flexibility index (Phi) is 13.3. The first-order valence-corrected chi connectivity index (χ1v) is 8.23. The standard InChI is InChI=1S/C15H13N5.Ni.H2O4S.2H2O/c1-3-10-16-12(6-1)18-14-8-5-9-15(20-14)19-13-7-2-4-11-17-13;;1-5(2,3)4;;/h1-11H,(H2,16,17,18,19,20);;(H2,1,2,3,4);2*1H2/q;+2;;;/p-2. The first-order chi connectivity index (χ1) is 11.9. The summed E-state index contributed by atoms with van der Waals surface area (Å²) >= 11 is 0. The Labute approximate surface area is 171 Å². The molecule has 6 N–H and O–H groups in total. The molecule has 0 aliphatic carbocycles. The molecular formula is C15H17N5NiO6S. The van der Waals surface area contributed by atoms with Crippen molar-refractivity contribution in [2.75, 3.05) is 10.6 Å². The van der Waals surface area contributed by atoms with E-state index in [-0.39, 0.29) is 27.4 Å². The van der Waals surface area contributed by atoms with E-state index in [4.69, 9.17) is 17.5 Å². The van der Waals surface area contributed by atoms with Gasteiger partial charge in [-0.2, -0.15) is 0 Å². The van der Waals surface area contributed by atoms with Crippen molar-refractivity contribution in [2.45, 2.75) is 0 Å². The zero-order valence-corrected chi connectivity index (χ0v) is 15.9. The smallest absolute Gasteiger partial charge is 0.759 e. The van der Waals surface area contributed by atoms with Crippen molar-refractivity contribution in [1.82, 2.24) is 15.0 Å². The molecule has 0 aliphatic rings. The molecule has 11 nitrogen and oxygen atoms in total. The van der Waals surface area contributed by atoms with Gasteiger partial charge in [-0.05, 0) is 36.4 Å². The van der Waals surface area contributed by atoms with Crippen LogP contribution in [0.2, 0.25) is 0 Å². The maximum atomic E-state index is 8.52. The Morgan fingerprint density at radius 1 is 0.679 bits per heavy atom. The van der Waals surface area contributed by atoms with Crippen LogP contribution in [-0.2, 0) is 26.9 Å². The van der Waals surface area contributed by atoms with Crippen LogP contribution in [0.4, 0.5) is 23.3 Å². The zero-order valence-electron chi connectivity index (χ0n) is 14.0. The van der Waals surface area contributed by atoms with E-state index in [0.717, 1.165) is 23.3 Å². The molecule has 0 spiro atoms. The Morgan fingerprint density at radius 3 is 1.36 bits per heavy atom. The first-order valence-electron chi connectivity index (χ1n) is 6.90. The first kappa shape index (κ1) is 27.6. The van der Waals surface area contributed by atoms with E-state index in [1.165, 1.54) is 0 Å². The van der Waals surface area contributed by atoms with Crippen LogP contribution in [0, 0.1) is 0 Å². The summed E-state index contributed by atoms with van der Waals surface area (Å²) in [7, 11) is -5.17. The maximum Gasteiger partial charge on any atom is 2.00 e. The summed E-state index contributed by atoms with van der Waals surface area (Å²) in [5, 5.41) is 6.29. The largest absolute Gasteiger partial charge is 2.00 e. The summed E-state index contributed by atoms with van der Waals surface area (Å²) < 4.78 is 34.1. The van der Waals surface area contributed by atoms with Gasteiger partial charge in [-0.15, -0.1) is 0 Å². The summed E-state index contributed by atoms with van der Waals surface area (Å²) in [6, 6.07) is 17.1. The molecule has 3 aromatic rings. The third-order valence-electron chi connectivity index (χ3n) is 2.59. The van der Waals surface area contributed by atoms with Gasteiger partial charge in [0.05, 0.1) is 0 Å². The molecule has 0 bridgehead atoms. The molecule has 0 aromatic carbocycles. The van der Waals surface area contributed by atoms with Crippen molar-refractivity contribution >= 4 is 33.7 Å². The number of anilines is 4. The minimum atomic E-state index is -5.17. The number of nitrogens with one attached hydrogen (secondary N) is 2. The van der Waals surface area contributed by atoms with Crippen LogP contribution in [0.1, 0.15) is 0 Å². The quantitative estimate of drug-likeness (QED) is 0.317. The molecule has 3 heterocycles. The number of hydrogen-bond donors (Lipinski definition) is 2. The van der Waals surface area contributed by atoms with E-state index >= 15 is 0 Å². The van der Waals surface area contributed by atoms with Gasteiger partial charge < -0.3 is 30.7 Å². The van der Waals surface area contributed by atoms with Gasteiger partial charge in [0.1, 0.15) is 23.3 Å². The van der Waals surface area contributed by atoms with E-state index in [0.29, 0.717) is 0 Å². The van der Waals surface area contributed by atoms with Crippen LogP contribution in [0.25, 0.3) is 0 Å². The number of hydrogen-bond acceptors (Lipinski definition) is 9.